The molecule has 0 saturated carbocycles. The molecular weight excluding hydrogens is 407 g/mol. The lowest BCUT2D eigenvalue weighted by Gasteiger charge is -2.22. The molecule has 1 unspecified atom stereocenters. The summed E-state index contributed by atoms with van der Waals surface area (Å²) in [6.45, 7) is -1.38. The zero-order chi connectivity index (χ0) is 20.5. The number of fused-ring (bicyclic) bond motifs is 1. The predicted molar refractivity (Wildman–Crippen MR) is 90.9 cm³/mol. The molecule has 0 fully saturated rings. The molecular formula is C17H17F5N2O3S. The first kappa shape index (κ1) is 20.4. The highest BCUT2D eigenvalue weighted by Crippen LogP contribution is 2.34. The van der Waals surface area contributed by atoms with Crippen molar-refractivity contribution in [2.24, 2.45) is 5.92 Å². The Morgan fingerprint density at radius 1 is 1.25 bits per heavy atom. The van der Waals surface area contributed by atoms with Gasteiger partial charge in [-0.2, -0.15) is 0 Å². The number of aromatic nitrogens is 1. The molecule has 1 aromatic carbocycles. The summed E-state index contributed by atoms with van der Waals surface area (Å²) in [5.41, 5.74) is 0.0908. The minimum atomic E-state index is -4.29. The van der Waals surface area contributed by atoms with Crippen LogP contribution in [0.25, 0.3) is 0 Å². The molecule has 1 aliphatic rings. The van der Waals surface area contributed by atoms with Crippen LogP contribution in [0.5, 0.6) is 5.75 Å². The third-order valence-electron chi connectivity index (χ3n) is 4.52. The molecule has 0 radical (unpaired) electrons. The van der Waals surface area contributed by atoms with Gasteiger partial charge < -0.3 is 9.72 Å². The van der Waals surface area contributed by atoms with Crippen LogP contribution in [-0.4, -0.2) is 33.1 Å². The maximum atomic E-state index is 14.2. The molecule has 0 aliphatic heterocycles. The number of ether oxygens (including phenoxy) is 1. The van der Waals surface area contributed by atoms with Crippen LogP contribution in [0.3, 0.4) is 0 Å². The largest absolute Gasteiger partial charge is 0.488 e. The van der Waals surface area contributed by atoms with Gasteiger partial charge in [0.2, 0.25) is 6.43 Å². The lowest BCUT2D eigenvalue weighted by molar-refractivity contribution is 0.0689. The van der Waals surface area contributed by atoms with Crippen LogP contribution in [0, 0.1) is 17.6 Å². The fourth-order valence-electron chi connectivity index (χ4n) is 3.15. The molecule has 1 aromatic heterocycles. The van der Waals surface area contributed by atoms with Gasteiger partial charge in [0.15, 0.2) is 17.4 Å². The molecule has 5 nitrogen and oxygen atoms in total. The Morgan fingerprint density at radius 3 is 2.68 bits per heavy atom. The third-order valence-corrected chi connectivity index (χ3v) is 5.95. The highest BCUT2D eigenvalue weighted by Gasteiger charge is 2.32. The zero-order valence-corrected chi connectivity index (χ0v) is 15.3. The number of aromatic amines is 1. The standard InChI is InChI=1S/C17H17F5N2O3S/c18-3-4-27-15-7-11(19)14(6-12(15)20)24-28(25,26)16-8-23-13-5-9(17(21)22)1-2-10(13)16/h6-9,17,23-24H,1-5H2. The highest BCUT2D eigenvalue weighted by molar-refractivity contribution is 7.92. The number of alkyl halides is 3. The van der Waals surface area contributed by atoms with Gasteiger partial charge in [-0.25, -0.2) is 30.4 Å². The Balaban J connectivity index is 1.85. The summed E-state index contributed by atoms with van der Waals surface area (Å²) in [6, 6.07) is 1.20. The van der Waals surface area contributed by atoms with Crippen LogP contribution in [0.4, 0.5) is 27.6 Å². The van der Waals surface area contributed by atoms with Crippen molar-refractivity contribution in [2.75, 3.05) is 18.0 Å². The summed E-state index contributed by atoms with van der Waals surface area (Å²) in [6.07, 6.45) is -1.12. The topological polar surface area (TPSA) is 71.2 Å². The number of hydrogen-bond donors (Lipinski definition) is 2. The number of benzene rings is 1. The van der Waals surface area contributed by atoms with E-state index in [0.29, 0.717) is 23.4 Å². The molecule has 1 heterocycles. The fourth-order valence-corrected chi connectivity index (χ4v) is 4.47. The van der Waals surface area contributed by atoms with Crippen molar-refractivity contribution in [2.45, 2.75) is 30.6 Å². The van der Waals surface area contributed by atoms with Gasteiger partial charge >= 0.3 is 0 Å². The van der Waals surface area contributed by atoms with Crippen molar-refractivity contribution >= 4 is 15.7 Å². The second-order valence-corrected chi connectivity index (χ2v) is 8.00. The predicted octanol–water partition coefficient (Wildman–Crippen LogP) is 3.81. The monoisotopic (exact) mass is 424 g/mol. The fraction of sp³-hybridized carbons (Fsp3) is 0.412. The summed E-state index contributed by atoms with van der Waals surface area (Å²) >= 11 is 0. The van der Waals surface area contributed by atoms with Gasteiger partial charge in [0, 0.05) is 29.9 Å². The first-order valence-corrected chi connectivity index (χ1v) is 9.89. The number of halogens is 5. The Bertz CT molecular complexity index is 962. The van der Waals surface area contributed by atoms with Crippen LogP contribution < -0.4 is 9.46 Å². The van der Waals surface area contributed by atoms with E-state index in [-0.39, 0.29) is 24.2 Å². The van der Waals surface area contributed by atoms with Gasteiger partial charge in [-0.3, -0.25) is 4.72 Å². The van der Waals surface area contributed by atoms with Gasteiger partial charge in [-0.05, 0) is 24.8 Å². The van der Waals surface area contributed by atoms with Gasteiger partial charge in [-0.1, -0.05) is 0 Å². The van der Waals surface area contributed by atoms with Crippen molar-refractivity contribution in [3.63, 3.8) is 0 Å². The minimum absolute atomic E-state index is 0.00607. The van der Waals surface area contributed by atoms with Crippen LogP contribution in [0.15, 0.2) is 23.2 Å². The smallest absolute Gasteiger partial charge is 0.263 e. The van der Waals surface area contributed by atoms with Crippen molar-refractivity contribution in [1.29, 1.82) is 0 Å². The molecule has 11 heteroatoms. The Kier molecular flexibility index (Phi) is 5.82. The van der Waals surface area contributed by atoms with E-state index in [4.69, 9.17) is 4.74 Å². The molecule has 3 rings (SSSR count). The Morgan fingerprint density at radius 2 is 2.00 bits per heavy atom. The first-order valence-electron chi connectivity index (χ1n) is 8.41. The highest BCUT2D eigenvalue weighted by atomic mass is 32.2. The van der Waals surface area contributed by atoms with Gasteiger partial charge in [0.1, 0.15) is 18.2 Å². The quantitative estimate of drug-likeness (QED) is 0.664. The molecule has 28 heavy (non-hydrogen) atoms. The number of hydrogen-bond acceptors (Lipinski definition) is 3. The number of rotatable bonds is 7. The molecule has 0 saturated heterocycles. The second-order valence-electron chi connectivity index (χ2n) is 6.35. The van der Waals surface area contributed by atoms with E-state index < -0.39 is 58.7 Å². The van der Waals surface area contributed by atoms with E-state index >= 15 is 0 Å². The van der Waals surface area contributed by atoms with Crippen LogP contribution >= 0.6 is 0 Å². The summed E-state index contributed by atoms with van der Waals surface area (Å²) in [7, 11) is -4.29. The van der Waals surface area contributed by atoms with Crippen molar-refractivity contribution in [3.8, 4) is 5.75 Å². The van der Waals surface area contributed by atoms with E-state index in [1.807, 2.05) is 4.72 Å². The summed E-state index contributed by atoms with van der Waals surface area (Å²) in [5.74, 6) is -3.59. The average molecular weight is 424 g/mol. The Labute approximate surface area is 157 Å². The molecule has 1 aliphatic carbocycles. The second kappa shape index (κ2) is 7.98. The SMILES string of the molecule is O=S(=O)(Nc1cc(F)c(OCCF)cc1F)c1c[nH]c2c1CCC(C(F)F)C2. The summed E-state index contributed by atoms with van der Waals surface area (Å²) in [5, 5.41) is 0. The average Bonchev–Trinajstić information content (AvgIpc) is 3.07. The third kappa shape index (κ3) is 4.08. The Hall–Kier alpha value is -2.30. The summed E-state index contributed by atoms with van der Waals surface area (Å²) in [4.78, 5) is 2.48. The lowest BCUT2D eigenvalue weighted by Crippen LogP contribution is -2.22. The van der Waals surface area contributed by atoms with Crippen molar-refractivity contribution in [1.82, 2.24) is 4.98 Å². The van der Waals surface area contributed by atoms with E-state index in [9.17, 15) is 30.4 Å². The maximum absolute atomic E-state index is 14.2. The van der Waals surface area contributed by atoms with Crippen LogP contribution in [0.1, 0.15) is 17.7 Å². The van der Waals surface area contributed by atoms with Gasteiger partial charge in [-0.15, -0.1) is 0 Å². The van der Waals surface area contributed by atoms with Gasteiger partial charge in [0.05, 0.1) is 5.69 Å². The molecule has 2 N–H and O–H groups in total. The number of nitrogens with one attached hydrogen (secondary N) is 2. The van der Waals surface area contributed by atoms with E-state index in [0.717, 1.165) is 6.20 Å². The lowest BCUT2D eigenvalue weighted by atomic mass is 9.88. The molecule has 1 atom stereocenters. The molecule has 2 aromatic rings. The number of sulfonamides is 1. The molecule has 0 amide bonds. The molecule has 0 spiro atoms. The molecule has 0 bridgehead atoms. The van der Waals surface area contributed by atoms with E-state index in [1.54, 1.807) is 0 Å². The van der Waals surface area contributed by atoms with E-state index in [1.165, 1.54) is 0 Å². The van der Waals surface area contributed by atoms with Crippen molar-refractivity contribution in [3.05, 3.63) is 41.2 Å². The minimum Gasteiger partial charge on any atom is -0.488 e. The maximum Gasteiger partial charge on any atom is 0.263 e. The summed E-state index contributed by atoms with van der Waals surface area (Å²) < 4.78 is 97.8. The van der Waals surface area contributed by atoms with Crippen LogP contribution in [-0.2, 0) is 22.9 Å². The first-order chi connectivity index (χ1) is 13.2. The van der Waals surface area contributed by atoms with Gasteiger partial charge in [0.25, 0.3) is 10.0 Å². The van der Waals surface area contributed by atoms with Crippen molar-refractivity contribution < 1.29 is 35.1 Å². The normalized spacial score (nSPS) is 16.9. The van der Waals surface area contributed by atoms with Crippen LogP contribution in [0.2, 0.25) is 0 Å². The number of anilines is 1. The number of H-pyrrole nitrogens is 1. The van der Waals surface area contributed by atoms with E-state index in [2.05, 4.69) is 4.98 Å². The molecule has 154 valence electrons. The zero-order valence-electron chi connectivity index (χ0n) is 14.4.